The van der Waals surface area contributed by atoms with Crippen molar-refractivity contribution in [3.8, 4) is 11.5 Å². The molecule has 4 rings (SSSR count). The van der Waals surface area contributed by atoms with Crippen molar-refractivity contribution in [2.24, 2.45) is 10.1 Å². The van der Waals surface area contributed by atoms with Gasteiger partial charge in [-0.2, -0.15) is 10.0 Å². The lowest BCUT2D eigenvalue weighted by molar-refractivity contribution is -0.114. The third-order valence-electron chi connectivity index (χ3n) is 4.88. The van der Waals surface area contributed by atoms with Gasteiger partial charge in [-0.15, -0.1) is 5.10 Å². The Labute approximate surface area is 201 Å². The van der Waals surface area contributed by atoms with Gasteiger partial charge in [0.1, 0.15) is 24.7 Å². The van der Waals surface area contributed by atoms with Crippen LogP contribution in [0.25, 0.3) is 6.08 Å². The van der Waals surface area contributed by atoms with Crippen molar-refractivity contribution < 1.29 is 22.7 Å². The summed E-state index contributed by atoms with van der Waals surface area (Å²) in [5.41, 5.74) is 1.80. The first kappa shape index (κ1) is 23.7. The van der Waals surface area contributed by atoms with Gasteiger partial charge >= 0.3 is 0 Å². The number of amidine groups is 2. The van der Waals surface area contributed by atoms with Gasteiger partial charge in [-0.1, -0.05) is 31.2 Å². The lowest BCUT2D eigenvalue weighted by Crippen LogP contribution is -2.35. The van der Waals surface area contributed by atoms with Crippen molar-refractivity contribution in [3.63, 3.8) is 0 Å². The van der Waals surface area contributed by atoms with E-state index >= 15 is 0 Å². The highest BCUT2D eigenvalue weighted by Crippen LogP contribution is 2.30. The fourth-order valence-electron chi connectivity index (χ4n) is 3.07. The Morgan fingerprint density at radius 1 is 1.09 bits per heavy atom. The number of aliphatic imine (C=N–C) groups is 1. The lowest BCUT2D eigenvalue weighted by Gasteiger charge is -2.20. The van der Waals surface area contributed by atoms with E-state index in [4.69, 9.17) is 14.9 Å². The Morgan fingerprint density at radius 2 is 1.79 bits per heavy atom. The van der Waals surface area contributed by atoms with Crippen LogP contribution < -0.4 is 9.47 Å². The molecule has 0 aromatic heterocycles. The number of benzene rings is 2. The smallest absolute Gasteiger partial charge is 0.283 e. The van der Waals surface area contributed by atoms with Crippen LogP contribution in [0, 0.1) is 12.3 Å². The molecule has 0 saturated heterocycles. The molecule has 2 aromatic carbocycles. The lowest BCUT2D eigenvalue weighted by atomic mass is 10.1. The summed E-state index contributed by atoms with van der Waals surface area (Å²) in [5, 5.41) is 13.5. The number of amides is 1. The van der Waals surface area contributed by atoms with Crippen LogP contribution in [0.1, 0.15) is 18.1 Å². The summed E-state index contributed by atoms with van der Waals surface area (Å²) in [6.07, 6.45) is 1.52. The molecule has 2 heterocycles. The number of hydrazone groups is 1. The summed E-state index contributed by atoms with van der Waals surface area (Å²) in [6.45, 7) is 4.26. The molecule has 0 unspecified atom stereocenters. The number of ether oxygens (including phenoxy) is 2. The van der Waals surface area contributed by atoms with Crippen LogP contribution in [0.5, 0.6) is 11.5 Å². The SMILES string of the molecule is CCS(=O)(=O)C1=NN2C(=N)/C(=C/c3ccc(OCCOc4cccc(C)c4)cc3)C(=O)N=C2S1. The van der Waals surface area contributed by atoms with Gasteiger partial charge in [-0.25, -0.2) is 8.42 Å². The molecule has 2 aliphatic rings. The molecule has 0 saturated carbocycles. The van der Waals surface area contributed by atoms with Gasteiger partial charge in [0.05, 0.1) is 11.3 Å². The van der Waals surface area contributed by atoms with E-state index in [9.17, 15) is 13.2 Å². The van der Waals surface area contributed by atoms with Crippen LogP contribution in [-0.4, -0.2) is 53.7 Å². The first-order valence-corrected chi connectivity index (χ1v) is 12.9. The third-order valence-corrected chi connectivity index (χ3v) is 7.97. The van der Waals surface area contributed by atoms with Gasteiger partial charge in [0.2, 0.25) is 19.4 Å². The van der Waals surface area contributed by atoms with Crippen molar-refractivity contribution in [2.45, 2.75) is 13.8 Å². The van der Waals surface area contributed by atoms with E-state index in [1.807, 2.05) is 31.2 Å². The van der Waals surface area contributed by atoms with E-state index in [2.05, 4.69) is 10.1 Å². The minimum atomic E-state index is -3.57. The molecule has 176 valence electrons. The van der Waals surface area contributed by atoms with E-state index in [0.29, 0.717) is 24.5 Å². The monoisotopic (exact) mass is 498 g/mol. The average Bonchev–Trinajstić information content (AvgIpc) is 3.25. The number of rotatable bonds is 7. The van der Waals surface area contributed by atoms with Crippen LogP contribution in [0.4, 0.5) is 0 Å². The second-order valence-electron chi connectivity index (χ2n) is 7.37. The Bertz CT molecular complexity index is 1330. The minimum absolute atomic E-state index is 0.0171. The summed E-state index contributed by atoms with van der Waals surface area (Å²) in [6, 6.07) is 14.8. The molecule has 1 amide bonds. The van der Waals surface area contributed by atoms with Gasteiger partial charge in [0, 0.05) is 0 Å². The van der Waals surface area contributed by atoms with Gasteiger partial charge in [-0.05, 0) is 60.2 Å². The number of sulfone groups is 1. The number of hydrogen-bond donors (Lipinski definition) is 1. The zero-order chi connectivity index (χ0) is 24.3. The molecule has 0 aliphatic carbocycles. The van der Waals surface area contributed by atoms with Crippen molar-refractivity contribution >= 4 is 49.0 Å². The molecular weight excluding hydrogens is 476 g/mol. The molecule has 0 bridgehead atoms. The second-order valence-corrected chi connectivity index (χ2v) is 10.8. The summed E-state index contributed by atoms with van der Waals surface area (Å²) in [7, 11) is -3.57. The molecule has 34 heavy (non-hydrogen) atoms. The highest BCUT2D eigenvalue weighted by Gasteiger charge is 2.39. The zero-order valence-electron chi connectivity index (χ0n) is 18.5. The number of fused-ring (bicyclic) bond motifs is 1. The van der Waals surface area contributed by atoms with Crippen LogP contribution in [0.15, 0.2) is 64.2 Å². The first-order valence-electron chi connectivity index (χ1n) is 10.4. The van der Waals surface area contributed by atoms with Crippen LogP contribution >= 0.6 is 11.8 Å². The van der Waals surface area contributed by atoms with Gasteiger partial charge in [0.15, 0.2) is 5.84 Å². The maximum atomic E-state index is 12.5. The Hall–Kier alpha value is -3.44. The highest BCUT2D eigenvalue weighted by atomic mass is 32.3. The number of aryl methyl sites for hydroxylation is 1. The number of carbonyl (C=O) groups excluding carboxylic acids is 1. The highest BCUT2D eigenvalue weighted by molar-refractivity contribution is 8.42. The van der Waals surface area contributed by atoms with Gasteiger partial charge in [0.25, 0.3) is 5.91 Å². The zero-order valence-corrected chi connectivity index (χ0v) is 20.1. The fourth-order valence-corrected chi connectivity index (χ4v) is 5.24. The minimum Gasteiger partial charge on any atom is -0.490 e. The van der Waals surface area contributed by atoms with Crippen molar-refractivity contribution in [1.29, 1.82) is 5.41 Å². The van der Waals surface area contributed by atoms with Crippen LogP contribution in [0.3, 0.4) is 0 Å². The predicted molar refractivity (Wildman–Crippen MR) is 133 cm³/mol. The Morgan fingerprint density at radius 3 is 2.47 bits per heavy atom. The largest absolute Gasteiger partial charge is 0.490 e. The van der Waals surface area contributed by atoms with E-state index < -0.39 is 15.7 Å². The normalized spacial score (nSPS) is 16.9. The van der Waals surface area contributed by atoms with E-state index in [-0.39, 0.29) is 26.7 Å². The first-order chi connectivity index (χ1) is 16.3. The van der Waals surface area contributed by atoms with Crippen molar-refractivity contribution in [2.75, 3.05) is 19.0 Å². The average molecular weight is 499 g/mol. The number of thioether (sulfide) groups is 1. The molecule has 9 nitrogen and oxygen atoms in total. The summed E-state index contributed by atoms with van der Waals surface area (Å²) in [4.78, 5) is 16.4. The number of hydrogen-bond acceptors (Lipinski definition) is 8. The third kappa shape index (κ3) is 5.20. The topological polar surface area (TPSA) is 121 Å². The summed E-state index contributed by atoms with van der Waals surface area (Å²) >= 11 is 0.775. The molecule has 0 fully saturated rings. The summed E-state index contributed by atoms with van der Waals surface area (Å²) < 4.78 is 35.4. The molecule has 11 heteroatoms. The Balaban J connectivity index is 1.39. The van der Waals surface area contributed by atoms with Crippen molar-refractivity contribution in [3.05, 3.63) is 65.2 Å². The fraction of sp³-hybridized carbons (Fsp3) is 0.217. The standard InChI is InChI=1S/C23H22N4O5S2/c1-3-34(29,30)23-26-27-20(24)19(21(28)25-22(27)33-23)14-16-7-9-17(10-8-16)31-11-12-32-18-6-4-5-15(2)13-18/h4-10,13-14,24H,3,11-12H2,1-2H3/b19-14-,24-20?. The maximum Gasteiger partial charge on any atom is 0.283 e. The van der Waals surface area contributed by atoms with Gasteiger partial charge < -0.3 is 9.47 Å². The summed E-state index contributed by atoms with van der Waals surface area (Å²) in [5.74, 6) is 0.447. The number of carbonyl (C=O) groups is 1. The molecule has 0 atom stereocenters. The quantitative estimate of drug-likeness (QED) is 0.458. The van der Waals surface area contributed by atoms with E-state index in [1.54, 1.807) is 24.3 Å². The molecule has 2 aromatic rings. The van der Waals surface area contributed by atoms with Gasteiger partial charge in [-0.3, -0.25) is 10.2 Å². The molecule has 0 spiro atoms. The van der Waals surface area contributed by atoms with E-state index in [0.717, 1.165) is 28.1 Å². The molecule has 2 aliphatic heterocycles. The number of nitrogens with one attached hydrogen (secondary N) is 1. The molecule has 0 radical (unpaired) electrons. The Kier molecular flexibility index (Phi) is 6.85. The second kappa shape index (κ2) is 9.82. The van der Waals surface area contributed by atoms with E-state index in [1.165, 1.54) is 13.0 Å². The van der Waals surface area contributed by atoms with Crippen LogP contribution in [-0.2, 0) is 14.6 Å². The molecular formula is C23H22N4O5S2. The molecule has 1 N–H and O–H groups in total. The van der Waals surface area contributed by atoms with Crippen molar-refractivity contribution in [1.82, 2.24) is 5.01 Å². The predicted octanol–water partition coefficient (Wildman–Crippen LogP) is 3.46. The maximum absolute atomic E-state index is 12.5. The number of nitrogens with zero attached hydrogens (tertiary/aromatic N) is 3. The van der Waals surface area contributed by atoms with Crippen LogP contribution in [0.2, 0.25) is 0 Å².